The van der Waals surface area contributed by atoms with Crippen molar-refractivity contribution in [3.63, 3.8) is 0 Å². The van der Waals surface area contributed by atoms with Crippen molar-refractivity contribution < 1.29 is 0 Å². The highest BCUT2D eigenvalue weighted by atomic mass is 14.9. The largest absolute Gasteiger partial charge is 0.384 e. The molecule has 1 aliphatic carbocycles. The van der Waals surface area contributed by atoms with Crippen LogP contribution in [-0.2, 0) is 19.3 Å². The van der Waals surface area contributed by atoms with E-state index in [1.165, 1.54) is 48.1 Å². The van der Waals surface area contributed by atoms with Crippen molar-refractivity contribution in [2.75, 3.05) is 18.4 Å². The van der Waals surface area contributed by atoms with Gasteiger partial charge in [0.15, 0.2) is 0 Å². The van der Waals surface area contributed by atoms with Crippen molar-refractivity contribution in [2.45, 2.75) is 45.1 Å². The summed E-state index contributed by atoms with van der Waals surface area (Å²) >= 11 is 0. The second-order valence-corrected chi connectivity index (χ2v) is 6.50. The van der Waals surface area contributed by atoms with E-state index in [-0.39, 0.29) is 0 Å². The topological polar surface area (TPSA) is 24.1 Å². The SMILES string of the molecule is CCCNC1CCc2c(cccc2NCCc2ccccc2)C1. The second kappa shape index (κ2) is 8.16. The van der Waals surface area contributed by atoms with Crippen LogP contribution in [0.15, 0.2) is 48.5 Å². The lowest BCUT2D eigenvalue weighted by Crippen LogP contribution is -2.35. The number of benzene rings is 2. The summed E-state index contributed by atoms with van der Waals surface area (Å²) in [5.74, 6) is 0. The van der Waals surface area contributed by atoms with E-state index in [9.17, 15) is 0 Å². The Morgan fingerprint density at radius 2 is 1.87 bits per heavy atom. The smallest absolute Gasteiger partial charge is 0.0375 e. The Kier molecular flexibility index (Phi) is 5.71. The molecular weight excluding hydrogens is 280 g/mol. The summed E-state index contributed by atoms with van der Waals surface area (Å²) in [4.78, 5) is 0. The lowest BCUT2D eigenvalue weighted by molar-refractivity contribution is 0.459. The van der Waals surface area contributed by atoms with Crippen LogP contribution < -0.4 is 10.6 Å². The minimum Gasteiger partial charge on any atom is -0.384 e. The van der Waals surface area contributed by atoms with Crippen LogP contribution >= 0.6 is 0 Å². The molecule has 2 N–H and O–H groups in total. The molecule has 23 heavy (non-hydrogen) atoms. The lowest BCUT2D eigenvalue weighted by atomic mass is 9.87. The summed E-state index contributed by atoms with van der Waals surface area (Å²) in [6.07, 6.45) is 5.90. The van der Waals surface area contributed by atoms with Gasteiger partial charge in [0, 0.05) is 18.3 Å². The third kappa shape index (κ3) is 4.35. The predicted molar refractivity (Wildman–Crippen MR) is 99.2 cm³/mol. The van der Waals surface area contributed by atoms with Gasteiger partial charge in [0.25, 0.3) is 0 Å². The molecule has 2 aromatic carbocycles. The van der Waals surface area contributed by atoms with Gasteiger partial charge < -0.3 is 10.6 Å². The van der Waals surface area contributed by atoms with Gasteiger partial charge in [-0.15, -0.1) is 0 Å². The molecule has 0 spiro atoms. The van der Waals surface area contributed by atoms with Gasteiger partial charge in [0.2, 0.25) is 0 Å². The van der Waals surface area contributed by atoms with Crippen LogP contribution in [0.1, 0.15) is 36.5 Å². The molecular formula is C21H28N2. The molecule has 2 nitrogen and oxygen atoms in total. The first kappa shape index (κ1) is 16.1. The van der Waals surface area contributed by atoms with Crippen molar-refractivity contribution in [3.05, 3.63) is 65.2 Å². The van der Waals surface area contributed by atoms with Gasteiger partial charge in [-0.2, -0.15) is 0 Å². The Balaban J connectivity index is 1.59. The van der Waals surface area contributed by atoms with E-state index < -0.39 is 0 Å². The van der Waals surface area contributed by atoms with Gasteiger partial charge in [-0.3, -0.25) is 0 Å². The minimum absolute atomic E-state index is 0.655. The lowest BCUT2D eigenvalue weighted by Gasteiger charge is -2.27. The van der Waals surface area contributed by atoms with E-state index >= 15 is 0 Å². The van der Waals surface area contributed by atoms with E-state index in [0.29, 0.717) is 6.04 Å². The Bertz CT molecular complexity index is 606. The van der Waals surface area contributed by atoms with E-state index in [1.807, 2.05) is 0 Å². The van der Waals surface area contributed by atoms with E-state index in [0.717, 1.165) is 19.5 Å². The molecule has 0 saturated carbocycles. The zero-order chi connectivity index (χ0) is 15.9. The maximum absolute atomic E-state index is 3.68. The van der Waals surface area contributed by atoms with Gasteiger partial charge >= 0.3 is 0 Å². The molecule has 1 aliphatic rings. The van der Waals surface area contributed by atoms with E-state index in [2.05, 4.69) is 66.1 Å². The fourth-order valence-electron chi connectivity index (χ4n) is 3.48. The first-order valence-electron chi connectivity index (χ1n) is 8.98. The van der Waals surface area contributed by atoms with Crippen LogP contribution in [0.25, 0.3) is 0 Å². The quantitative estimate of drug-likeness (QED) is 0.801. The Labute approximate surface area is 140 Å². The third-order valence-corrected chi connectivity index (χ3v) is 4.74. The van der Waals surface area contributed by atoms with Crippen molar-refractivity contribution in [1.82, 2.24) is 5.32 Å². The van der Waals surface area contributed by atoms with Crippen LogP contribution in [-0.4, -0.2) is 19.1 Å². The monoisotopic (exact) mass is 308 g/mol. The number of fused-ring (bicyclic) bond motifs is 1. The number of anilines is 1. The molecule has 0 fully saturated rings. The van der Waals surface area contributed by atoms with Gasteiger partial charge in [-0.1, -0.05) is 49.4 Å². The van der Waals surface area contributed by atoms with Crippen LogP contribution in [0.5, 0.6) is 0 Å². The van der Waals surface area contributed by atoms with Gasteiger partial charge in [0.1, 0.15) is 0 Å². The minimum atomic E-state index is 0.655. The summed E-state index contributed by atoms with van der Waals surface area (Å²) in [6.45, 7) is 4.37. The molecule has 0 aliphatic heterocycles. The highest BCUT2D eigenvalue weighted by Gasteiger charge is 2.19. The van der Waals surface area contributed by atoms with Gasteiger partial charge in [-0.05, 0) is 61.4 Å². The molecule has 0 saturated heterocycles. The summed E-state index contributed by atoms with van der Waals surface area (Å²) in [5, 5.41) is 7.33. The summed E-state index contributed by atoms with van der Waals surface area (Å²) in [7, 11) is 0. The number of nitrogens with one attached hydrogen (secondary N) is 2. The van der Waals surface area contributed by atoms with Crippen LogP contribution in [0.2, 0.25) is 0 Å². The Hall–Kier alpha value is -1.80. The van der Waals surface area contributed by atoms with Gasteiger partial charge in [0.05, 0.1) is 0 Å². The van der Waals surface area contributed by atoms with Crippen LogP contribution in [0.3, 0.4) is 0 Å². The highest BCUT2D eigenvalue weighted by molar-refractivity contribution is 5.56. The summed E-state index contributed by atoms with van der Waals surface area (Å²) in [5.41, 5.74) is 5.80. The molecule has 1 atom stereocenters. The first-order chi connectivity index (χ1) is 11.4. The normalized spacial score (nSPS) is 16.8. The Morgan fingerprint density at radius 1 is 1.00 bits per heavy atom. The number of rotatable bonds is 7. The number of hydrogen-bond acceptors (Lipinski definition) is 2. The van der Waals surface area contributed by atoms with E-state index in [4.69, 9.17) is 0 Å². The molecule has 0 bridgehead atoms. The Morgan fingerprint density at radius 3 is 2.70 bits per heavy atom. The maximum Gasteiger partial charge on any atom is 0.0375 e. The average Bonchev–Trinajstić information content (AvgIpc) is 2.61. The van der Waals surface area contributed by atoms with Gasteiger partial charge in [-0.25, -0.2) is 0 Å². The van der Waals surface area contributed by atoms with Crippen molar-refractivity contribution in [1.29, 1.82) is 0 Å². The average molecular weight is 308 g/mol. The van der Waals surface area contributed by atoms with Crippen LogP contribution in [0, 0.1) is 0 Å². The molecule has 0 radical (unpaired) electrons. The molecule has 1 unspecified atom stereocenters. The maximum atomic E-state index is 3.68. The standard InChI is InChI=1S/C21H28N2/c1-2-14-22-19-11-12-20-18(16-19)9-6-10-21(20)23-15-13-17-7-4-3-5-8-17/h3-10,19,22-23H,2,11-16H2,1H3. The van der Waals surface area contributed by atoms with E-state index in [1.54, 1.807) is 0 Å². The third-order valence-electron chi connectivity index (χ3n) is 4.74. The number of hydrogen-bond donors (Lipinski definition) is 2. The fourth-order valence-corrected chi connectivity index (χ4v) is 3.48. The highest BCUT2D eigenvalue weighted by Crippen LogP contribution is 2.28. The van der Waals surface area contributed by atoms with Crippen LogP contribution in [0.4, 0.5) is 5.69 Å². The first-order valence-corrected chi connectivity index (χ1v) is 8.98. The molecule has 0 amide bonds. The molecule has 122 valence electrons. The summed E-state index contributed by atoms with van der Waals surface area (Å²) < 4.78 is 0. The van der Waals surface area contributed by atoms with Crippen molar-refractivity contribution in [2.24, 2.45) is 0 Å². The van der Waals surface area contributed by atoms with Crippen molar-refractivity contribution >= 4 is 5.69 Å². The fraction of sp³-hybridized carbons (Fsp3) is 0.429. The predicted octanol–water partition coefficient (Wildman–Crippen LogP) is 4.20. The molecule has 2 aromatic rings. The summed E-state index contributed by atoms with van der Waals surface area (Å²) in [6, 6.07) is 18.1. The van der Waals surface area contributed by atoms with Crippen molar-refractivity contribution in [3.8, 4) is 0 Å². The molecule has 3 rings (SSSR count). The molecule has 2 heteroatoms. The molecule has 0 aromatic heterocycles. The second-order valence-electron chi connectivity index (χ2n) is 6.50. The molecule has 0 heterocycles. The zero-order valence-corrected chi connectivity index (χ0v) is 14.1. The zero-order valence-electron chi connectivity index (χ0n) is 14.1.